The highest BCUT2D eigenvalue weighted by atomic mass is 16.5. The minimum atomic E-state index is 0.180. The van der Waals surface area contributed by atoms with Crippen LogP contribution >= 0.6 is 0 Å². The summed E-state index contributed by atoms with van der Waals surface area (Å²) in [5.41, 5.74) is 5.43. The standard InChI is InChI=1S/C13H21NO2/c1-11(6-3-2-4-9-14)16-13-8-5-7-12(15)10-13/h5,7-8,10-11,15H,2-4,6,9,14H2,1H3. The minimum absolute atomic E-state index is 0.180. The molecule has 0 bridgehead atoms. The Morgan fingerprint density at radius 2 is 2.12 bits per heavy atom. The molecule has 1 unspecified atom stereocenters. The second-order valence-corrected chi connectivity index (χ2v) is 4.06. The number of nitrogens with two attached hydrogens (primary N) is 1. The van der Waals surface area contributed by atoms with Crippen LogP contribution in [0.3, 0.4) is 0 Å². The molecule has 0 saturated carbocycles. The first-order chi connectivity index (χ1) is 7.72. The average Bonchev–Trinajstić information content (AvgIpc) is 2.24. The van der Waals surface area contributed by atoms with Crippen molar-refractivity contribution >= 4 is 0 Å². The maximum Gasteiger partial charge on any atom is 0.123 e. The van der Waals surface area contributed by atoms with Gasteiger partial charge >= 0.3 is 0 Å². The van der Waals surface area contributed by atoms with Gasteiger partial charge in [0.2, 0.25) is 0 Å². The monoisotopic (exact) mass is 223 g/mol. The fourth-order valence-corrected chi connectivity index (χ4v) is 1.60. The first-order valence-electron chi connectivity index (χ1n) is 5.88. The van der Waals surface area contributed by atoms with Gasteiger partial charge in [0.25, 0.3) is 0 Å². The Labute approximate surface area is 97.2 Å². The SMILES string of the molecule is CC(CCCCCN)Oc1cccc(O)c1. The third-order valence-corrected chi connectivity index (χ3v) is 2.47. The number of rotatable bonds is 7. The van der Waals surface area contributed by atoms with Gasteiger partial charge in [-0.25, -0.2) is 0 Å². The molecule has 0 radical (unpaired) electrons. The maximum atomic E-state index is 9.28. The van der Waals surface area contributed by atoms with Crippen molar-refractivity contribution in [2.45, 2.75) is 38.7 Å². The van der Waals surface area contributed by atoms with Gasteiger partial charge in [0, 0.05) is 6.07 Å². The van der Waals surface area contributed by atoms with Gasteiger partial charge in [0.05, 0.1) is 6.10 Å². The Hall–Kier alpha value is -1.22. The van der Waals surface area contributed by atoms with Crippen LogP contribution in [-0.4, -0.2) is 17.8 Å². The molecule has 0 aromatic heterocycles. The molecule has 0 heterocycles. The van der Waals surface area contributed by atoms with Crippen molar-refractivity contribution in [2.24, 2.45) is 5.73 Å². The summed E-state index contributed by atoms with van der Waals surface area (Å²) < 4.78 is 5.68. The van der Waals surface area contributed by atoms with Crippen LogP contribution in [0.5, 0.6) is 11.5 Å². The van der Waals surface area contributed by atoms with Crippen molar-refractivity contribution in [2.75, 3.05) is 6.54 Å². The molecular formula is C13H21NO2. The summed E-state index contributed by atoms with van der Waals surface area (Å²) in [5.74, 6) is 0.971. The Kier molecular flexibility index (Phi) is 5.72. The van der Waals surface area contributed by atoms with Gasteiger partial charge in [-0.2, -0.15) is 0 Å². The molecule has 16 heavy (non-hydrogen) atoms. The first kappa shape index (κ1) is 12.8. The fourth-order valence-electron chi connectivity index (χ4n) is 1.60. The van der Waals surface area contributed by atoms with Gasteiger partial charge in [-0.3, -0.25) is 0 Å². The van der Waals surface area contributed by atoms with E-state index >= 15 is 0 Å². The van der Waals surface area contributed by atoms with Crippen LogP contribution in [-0.2, 0) is 0 Å². The molecule has 0 amide bonds. The highest BCUT2D eigenvalue weighted by Gasteiger charge is 2.04. The van der Waals surface area contributed by atoms with Crippen molar-refractivity contribution in [3.63, 3.8) is 0 Å². The van der Waals surface area contributed by atoms with E-state index < -0.39 is 0 Å². The van der Waals surface area contributed by atoms with Crippen molar-refractivity contribution in [3.8, 4) is 11.5 Å². The molecule has 3 N–H and O–H groups in total. The summed E-state index contributed by atoms with van der Waals surface area (Å²) in [7, 11) is 0. The van der Waals surface area contributed by atoms with Crippen molar-refractivity contribution in [1.29, 1.82) is 0 Å². The number of hydrogen-bond acceptors (Lipinski definition) is 3. The summed E-state index contributed by atoms with van der Waals surface area (Å²) in [4.78, 5) is 0. The zero-order valence-electron chi connectivity index (χ0n) is 9.86. The molecule has 0 spiro atoms. The Morgan fingerprint density at radius 1 is 1.31 bits per heavy atom. The summed E-state index contributed by atoms with van der Waals surface area (Å²) in [6, 6.07) is 6.91. The number of unbranched alkanes of at least 4 members (excludes halogenated alkanes) is 2. The highest BCUT2D eigenvalue weighted by molar-refractivity contribution is 5.31. The summed E-state index contributed by atoms with van der Waals surface area (Å²) in [5, 5.41) is 9.28. The van der Waals surface area contributed by atoms with Crippen LogP contribution in [0.4, 0.5) is 0 Å². The Bertz CT molecular complexity index is 302. The van der Waals surface area contributed by atoms with E-state index in [-0.39, 0.29) is 11.9 Å². The molecule has 90 valence electrons. The van der Waals surface area contributed by atoms with E-state index in [9.17, 15) is 5.11 Å². The van der Waals surface area contributed by atoms with Crippen molar-refractivity contribution < 1.29 is 9.84 Å². The first-order valence-corrected chi connectivity index (χ1v) is 5.88. The third kappa shape index (κ3) is 5.03. The molecule has 3 nitrogen and oxygen atoms in total. The fraction of sp³-hybridized carbons (Fsp3) is 0.538. The number of aromatic hydroxyl groups is 1. The predicted octanol–water partition coefficient (Wildman–Crippen LogP) is 2.68. The smallest absolute Gasteiger partial charge is 0.123 e. The lowest BCUT2D eigenvalue weighted by Crippen LogP contribution is -2.11. The molecular weight excluding hydrogens is 202 g/mol. The largest absolute Gasteiger partial charge is 0.508 e. The van der Waals surface area contributed by atoms with E-state index in [1.54, 1.807) is 18.2 Å². The zero-order chi connectivity index (χ0) is 11.8. The number of ether oxygens (including phenoxy) is 1. The molecule has 0 aliphatic heterocycles. The number of benzene rings is 1. The van der Waals surface area contributed by atoms with Crippen LogP contribution in [0.1, 0.15) is 32.6 Å². The lowest BCUT2D eigenvalue weighted by atomic mass is 10.1. The van der Waals surface area contributed by atoms with E-state index in [0.29, 0.717) is 0 Å². The summed E-state index contributed by atoms with van der Waals surface area (Å²) in [6.45, 7) is 2.81. The summed E-state index contributed by atoms with van der Waals surface area (Å²) >= 11 is 0. The maximum absolute atomic E-state index is 9.28. The Morgan fingerprint density at radius 3 is 2.81 bits per heavy atom. The van der Waals surface area contributed by atoms with Gasteiger partial charge in [0.1, 0.15) is 11.5 Å². The normalized spacial score (nSPS) is 12.4. The van der Waals surface area contributed by atoms with Crippen LogP contribution in [0.2, 0.25) is 0 Å². The Balaban J connectivity index is 2.25. The minimum Gasteiger partial charge on any atom is -0.508 e. The van der Waals surface area contributed by atoms with E-state index in [0.717, 1.165) is 38.0 Å². The number of phenolic OH excluding ortho intramolecular Hbond substituents is 1. The summed E-state index contributed by atoms with van der Waals surface area (Å²) in [6.07, 6.45) is 4.58. The quantitative estimate of drug-likeness (QED) is 0.699. The highest BCUT2D eigenvalue weighted by Crippen LogP contribution is 2.20. The predicted molar refractivity (Wildman–Crippen MR) is 65.7 cm³/mol. The van der Waals surface area contributed by atoms with E-state index in [4.69, 9.17) is 10.5 Å². The van der Waals surface area contributed by atoms with Crippen molar-refractivity contribution in [3.05, 3.63) is 24.3 Å². The molecule has 0 aliphatic rings. The van der Waals surface area contributed by atoms with Gasteiger partial charge < -0.3 is 15.6 Å². The van der Waals surface area contributed by atoms with Crippen LogP contribution < -0.4 is 10.5 Å². The molecule has 0 aliphatic carbocycles. The zero-order valence-corrected chi connectivity index (χ0v) is 9.86. The number of phenols is 1. The number of hydrogen-bond donors (Lipinski definition) is 2. The van der Waals surface area contributed by atoms with Crippen LogP contribution in [0, 0.1) is 0 Å². The van der Waals surface area contributed by atoms with Gasteiger partial charge in [-0.15, -0.1) is 0 Å². The second kappa shape index (κ2) is 7.12. The van der Waals surface area contributed by atoms with Crippen LogP contribution in [0.15, 0.2) is 24.3 Å². The van der Waals surface area contributed by atoms with Crippen LogP contribution in [0.25, 0.3) is 0 Å². The van der Waals surface area contributed by atoms with Gasteiger partial charge in [-0.05, 0) is 44.9 Å². The second-order valence-electron chi connectivity index (χ2n) is 4.06. The van der Waals surface area contributed by atoms with Gasteiger partial charge in [0.15, 0.2) is 0 Å². The van der Waals surface area contributed by atoms with Crippen molar-refractivity contribution in [1.82, 2.24) is 0 Å². The lowest BCUT2D eigenvalue weighted by Gasteiger charge is -2.14. The molecule has 1 rings (SSSR count). The molecule has 0 saturated heterocycles. The average molecular weight is 223 g/mol. The lowest BCUT2D eigenvalue weighted by molar-refractivity contribution is 0.206. The molecule has 1 aromatic rings. The van der Waals surface area contributed by atoms with Gasteiger partial charge in [-0.1, -0.05) is 12.5 Å². The van der Waals surface area contributed by atoms with E-state index in [1.165, 1.54) is 0 Å². The van der Waals surface area contributed by atoms with E-state index in [1.807, 2.05) is 13.0 Å². The molecule has 0 fully saturated rings. The molecule has 1 atom stereocenters. The topological polar surface area (TPSA) is 55.5 Å². The van der Waals surface area contributed by atoms with E-state index in [2.05, 4.69) is 0 Å². The molecule has 1 aromatic carbocycles. The molecule has 3 heteroatoms. The third-order valence-electron chi connectivity index (χ3n) is 2.47.